The van der Waals surface area contributed by atoms with Gasteiger partial charge >= 0.3 is 11.9 Å². The van der Waals surface area contributed by atoms with E-state index < -0.39 is 36.2 Å². The molecule has 2 aliphatic heterocycles. The number of amides is 2. The number of likely N-dealkylation sites (tertiary alicyclic amines) is 1. The Morgan fingerprint density at radius 3 is 2.50 bits per heavy atom. The summed E-state index contributed by atoms with van der Waals surface area (Å²) in [7, 11) is 4.10. The molecule has 3 rings (SSSR count). The number of ether oxygens (including phenoxy) is 4. The molecule has 2 amide bonds. The molecule has 2 heterocycles. The quantitative estimate of drug-likeness (QED) is 0.595. The zero-order chi connectivity index (χ0) is 23.6. The Balaban J connectivity index is 1.90. The van der Waals surface area contributed by atoms with Crippen LogP contribution >= 0.6 is 0 Å². The molecule has 1 fully saturated rings. The molecule has 0 radical (unpaired) electrons. The van der Waals surface area contributed by atoms with Gasteiger partial charge in [-0.15, -0.1) is 0 Å². The predicted octanol–water partition coefficient (Wildman–Crippen LogP) is 1.57. The van der Waals surface area contributed by atoms with Gasteiger partial charge in [0.2, 0.25) is 18.0 Å². The Hall–Kier alpha value is -3.30. The lowest BCUT2D eigenvalue weighted by atomic mass is 10.0. The highest BCUT2D eigenvalue weighted by Gasteiger charge is 2.48. The molecular weight excluding hydrogens is 420 g/mol. The minimum atomic E-state index is -1.08. The second-order valence-corrected chi connectivity index (χ2v) is 8.09. The smallest absolute Gasteiger partial charge is 0.344 e. The third-order valence-electron chi connectivity index (χ3n) is 5.59. The van der Waals surface area contributed by atoms with E-state index in [1.165, 1.54) is 26.2 Å². The number of cyclic esters (lactones) is 1. The van der Waals surface area contributed by atoms with Crippen LogP contribution in [0.4, 0.5) is 0 Å². The first-order chi connectivity index (χ1) is 15.2. The van der Waals surface area contributed by atoms with Gasteiger partial charge in [0.25, 0.3) is 0 Å². The van der Waals surface area contributed by atoms with Crippen molar-refractivity contribution in [2.45, 2.75) is 51.4 Å². The third kappa shape index (κ3) is 4.21. The summed E-state index contributed by atoms with van der Waals surface area (Å²) in [6, 6.07) is 1.48. The van der Waals surface area contributed by atoms with E-state index in [2.05, 4.69) is 5.32 Å². The van der Waals surface area contributed by atoms with Gasteiger partial charge in [0.15, 0.2) is 11.5 Å². The minimum Gasteiger partial charge on any atom is -0.493 e. The summed E-state index contributed by atoms with van der Waals surface area (Å²) in [5, 5.41) is 2.70. The molecule has 3 atom stereocenters. The van der Waals surface area contributed by atoms with Crippen LogP contribution in [0.2, 0.25) is 0 Å². The lowest BCUT2D eigenvalue weighted by molar-refractivity contribution is -0.149. The Morgan fingerprint density at radius 2 is 1.91 bits per heavy atom. The molecular formula is C22H28N2O8. The van der Waals surface area contributed by atoms with Crippen LogP contribution in [-0.4, -0.2) is 62.1 Å². The molecule has 1 aromatic carbocycles. The van der Waals surface area contributed by atoms with Gasteiger partial charge in [0, 0.05) is 12.0 Å². The van der Waals surface area contributed by atoms with Crippen molar-refractivity contribution in [2.24, 2.45) is 5.92 Å². The number of nitrogens with one attached hydrogen (secondary N) is 1. The van der Waals surface area contributed by atoms with Gasteiger partial charge in [0.05, 0.1) is 21.3 Å². The Kier molecular flexibility index (Phi) is 6.90. The second kappa shape index (κ2) is 9.46. The monoisotopic (exact) mass is 448 g/mol. The molecule has 1 saturated heterocycles. The van der Waals surface area contributed by atoms with Crippen molar-refractivity contribution in [3.63, 3.8) is 0 Å². The molecule has 1 N–H and O–H groups in total. The highest BCUT2D eigenvalue weighted by molar-refractivity contribution is 5.99. The molecule has 0 aliphatic carbocycles. The molecule has 1 aromatic rings. The molecule has 10 heteroatoms. The van der Waals surface area contributed by atoms with Gasteiger partial charge < -0.3 is 24.3 Å². The number of rotatable bonds is 8. The number of hydrogen-bond donors (Lipinski definition) is 1. The topological polar surface area (TPSA) is 120 Å². The number of hydrogen-bond acceptors (Lipinski definition) is 8. The number of carbonyl (C=O) groups excluding carboxylic acids is 4. The number of nitrogens with zero attached hydrogens (tertiary/aromatic N) is 1. The fourth-order valence-electron chi connectivity index (χ4n) is 4.14. The van der Waals surface area contributed by atoms with E-state index in [9.17, 15) is 19.2 Å². The van der Waals surface area contributed by atoms with Crippen molar-refractivity contribution in [1.82, 2.24) is 10.2 Å². The van der Waals surface area contributed by atoms with Gasteiger partial charge in [0.1, 0.15) is 17.6 Å². The molecule has 0 unspecified atom stereocenters. The molecule has 0 saturated carbocycles. The zero-order valence-corrected chi connectivity index (χ0v) is 18.8. The highest BCUT2D eigenvalue weighted by Crippen LogP contribution is 2.45. The number of fused-ring (bicyclic) bond motifs is 1. The van der Waals surface area contributed by atoms with Crippen LogP contribution in [0.25, 0.3) is 0 Å². The van der Waals surface area contributed by atoms with Crippen molar-refractivity contribution in [1.29, 1.82) is 0 Å². The average molecular weight is 448 g/mol. The highest BCUT2D eigenvalue weighted by atomic mass is 16.6. The van der Waals surface area contributed by atoms with E-state index in [-0.39, 0.29) is 36.0 Å². The molecule has 32 heavy (non-hydrogen) atoms. The molecule has 174 valence electrons. The summed E-state index contributed by atoms with van der Waals surface area (Å²) < 4.78 is 20.9. The summed E-state index contributed by atoms with van der Waals surface area (Å²) in [5.74, 6) is -1.38. The van der Waals surface area contributed by atoms with Crippen LogP contribution < -0.4 is 14.8 Å². The maximum Gasteiger partial charge on any atom is 0.344 e. The van der Waals surface area contributed by atoms with E-state index >= 15 is 0 Å². The van der Waals surface area contributed by atoms with Gasteiger partial charge in [-0.3, -0.25) is 14.5 Å². The van der Waals surface area contributed by atoms with Crippen LogP contribution in [0, 0.1) is 5.92 Å². The Bertz CT molecular complexity index is 929. The summed E-state index contributed by atoms with van der Waals surface area (Å²) in [6.07, 6.45) is -0.347. The summed E-state index contributed by atoms with van der Waals surface area (Å²) >= 11 is 0. The molecule has 10 nitrogen and oxygen atoms in total. The van der Waals surface area contributed by atoms with E-state index in [0.29, 0.717) is 17.7 Å². The first-order valence-electron chi connectivity index (χ1n) is 10.4. The number of benzene rings is 1. The van der Waals surface area contributed by atoms with E-state index in [0.717, 1.165) is 0 Å². The van der Waals surface area contributed by atoms with Crippen LogP contribution in [0.5, 0.6) is 11.5 Å². The van der Waals surface area contributed by atoms with Gasteiger partial charge in [-0.25, -0.2) is 9.59 Å². The lowest BCUT2D eigenvalue weighted by Crippen LogP contribution is -2.51. The van der Waals surface area contributed by atoms with Gasteiger partial charge in [-0.1, -0.05) is 13.8 Å². The molecule has 0 spiro atoms. The van der Waals surface area contributed by atoms with Crippen molar-refractivity contribution in [3.05, 3.63) is 23.3 Å². The number of esters is 2. The number of carbonyl (C=O) groups is 4. The van der Waals surface area contributed by atoms with Gasteiger partial charge in [-0.05, 0) is 30.9 Å². The fourth-order valence-corrected chi connectivity index (χ4v) is 4.14. The lowest BCUT2D eigenvalue weighted by Gasteiger charge is -2.30. The van der Waals surface area contributed by atoms with Crippen molar-refractivity contribution in [3.8, 4) is 11.5 Å². The van der Waals surface area contributed by atoms with Crippen molar-refractivity contribution in [2.75, 3.05) is 21.3 Å². The molecule has 0 bridgehead atoms. The van der Waals surface area contributed by atoms with Gasteiger partial charge in [-0.2, -0.15) is 0 Å². The van der Waals surface area contributed by atoms with Crippen molar-refractivity contribution < 1.29 is 38.1 Å². The Morgan fingerprint density at radius 1 is 1.19 bits per heavy atom. The molecule has 2 aliphatic rings. The van der Waals surface area contributed by atoms with Crippen LogP contribution in [0.1, 0.15) is 55.3 Å². The normalized spacial score (nSPS) is 20.6. The zero-order valence-electron chi connectivity index (χ0n) is 18.8. The van der Waals surface area contributed by atoms with E-state index in [1.54, 1.807) is 12.1 Å². The second-order valence-electron chi connectivity index (χ2n) is 8.09. The standard InChI is InChI=1S/C22H28N2O8/c1-11(2)10-13(21(27)31-5)23-19(26)14-7-9-16(25)24(14)20-12-6-8-15(29-3)18(30-4)17(12)22(28)32-20/h6,8,11,13-14,20H,7,9-10H2,1-5H3,(H,23,26)/t13-,14+,20+/m1/s1. The largest absolute Gasteiger partial charge is 0.493 e. The SMILES string of the molecule is COC(=O)[C@@H](CC(C)C)NC(=O)[C@@H]1CCC(=O)N1[C@H]1OC(=O)c2c1ccc(OC)c2OC. The number of methoxy groups -OCH3 is 3. The first kappa shape index (κ1) is 23.4. The predicted molar refractivity (Wildman–Crippen MR) is 111 cm³/mol. The fraction of sp³-hybridized carbons (Fsp3) is 0.545. The maximum absolute atomic E-state index is 13.1. The summed E-state index contributed by atoms with van der Waals surface area (Å²) in [6.45, 7) is 3.84. The summed E-state index contributed by atoms with van der Waals surface area (Å²) in [5.41, 5.74) is 0.565. The maximum atomic E-state index is 13.1. The third-order valence-corrected chi connectivity index (χ3v) is 5.59. The van der Waals surface area contributed by atoms with Crippen LogP contribution in [-0.2, 0) is 23.9 Å². The summed E-state index contributed by atoms with van der Waals surface area (Å²) in [4.78, 5) is 51.8. The van der Waals surface area contributed by atoms with Crippen molar-refractivity contribution >= 4 is 23.8 Å². The van der Waals surface area contributed by atoms with Crippen LogP contribution in [0.15, 0.2) is 12.1 Å². The van der Waals surface area contributed by atoms with Crippen LogP contribution in [0.3, 0.4) is 0 Å². The first-order valence-corrected chi connectivity index (χ1v) is 10.4. The minimum absolute atomic E-state index is 0.113. The molecule has 0 aromatic heterocycles. The van der Waals surface area contributed by atoms with E-state index in [1.807, 2.05) is 13.8 Å². The van der Waals surface area contributed by atoms with E-state index in [4.69, 9.17) is 18.9 Å². The Labute approximate surface area is 186 Å². The average Bonchev–Trinajstić information content (AvgIpc) is 3.31.